The van der Waals surface area contributed by atoms with Gasteiger partial charge in [0.05, 0.1) is 5.41 Å². The van der Waals surface area contributed by atoms with Crippen LogP contribution in [0.3, 0.4) is 0 Å². The van der Waals surface area contributed by atoms with Crippen LogP contribution in [-0.4, -0.2) is 36.1 Å². The number of nitrogens with zero attached hydrogens (tertiary/aromatic N) is 1. The monoisotopic (exact) mass is 239 g/mol. The first-order valence-electron chi connectivity index (χ1n) is 6.95. The second kappa shape index (κ2) is 4.97. The highest BCUT2D eigenvalue weighted by atomic mass is 16.4. The van der Waals surface area contributed by atoms with Crippen molar-refractivity contribution < 1.29 is 9.90 Å². The number of carboxylic acid groups (broad SMARTS) is 1. The summed E-state index contributed by atoms with van der Waals surface area (Å²) in [6.45, 7) is 4.10. The third-order valence-electron chi connectivity index (χ3n) is 4.66. The first-order chi connectivity index (χ1) is 8.03. The van der Waals surface area contributed by atoms with Gasteiger partial charge in [-0.25, -0.2) is 0 Å². The van der Waals surface area contributed by atoms with E-state index in [1.807, 2.05) is 0 Å². The first kappa shape index (κ1) is 12.9. The molecule has 98 valence electrons. The topological polar surface area (TPSA) is 40.5 Å². The summed E-state index contributed by atoms with van der Waals surface area (Å²) in [6.07, 6.45) is 6.43. The van der Waals surface area contributed by atoms with Crippen molar-refractivity contribution >= 4 is 5.97 Å². The van der Waals surface area contributed by atoms with Gasteiger partial charge in [-0.05, 0) is 38.1 Å². The van der Waals surface area contributed by atoms with Gasteiger partial charge in [-0.2, -0.15) is 0 Å². The minimum absolute atomic E-state index is 0.453. The van der Waals surface area contributed by atoms with E-state index in [4.69, 9.17) is 0 Å². The van der Waals surface area contributed by atoms with E-state index in [9.17, 15) is 9.90 Å². The fourth-order valence-corrected chi connectivity index (χ4v) is 3.30. The minimum atomic E-state index is -0.576. The van der Waals surface area contributed by atoms with Crippen LogP contribution in [0.15, 0.2) is 0 Å². The second-order valence-electron chi connectivity index (χ2n) is 6.32. The molecule has 3 nitrogen and oxygen atoms in total. The Hall–Kier alpha value is -0.570. The summed E-state index contributed by atoms with van der Waals surface area (Å²) in [5.74, 6) is 1.09. The fourth-order valence-electron chi connectivity index (χ4n) is 3.30. The molecule has 2 aliphatic carbocycles. The van der Waals surface area contributed by atoms with Gasteiger partial charge >= 0.3 is 5.97 Å². The van der Waals surface area contributed by atoms with Gasteiger partial charge in [-0.15, -0.1) is 0 Å². The van der Waals surface area contributed by atoms with E-state index in [0.29, 0.717) is 0 Å². The maximum absolute atomic E-state index is 11.6. The van der Waals surface area contributed by atoms with Gasteiger partial charge in [0.15, 0.2) is 0 Å². The zero-order valence-corrected chi connectivity index (χ0v) is 11.1. The van der Waals surface area contributed by atoms with Crippen molar-refractivity contribution in [3.05, 3.63) is 0 Å². The van der Waals surface area contributed by atoms with Gasteiger partial charge < -0.3 is 10.0 Å². The summed E-state index contributed by atoms with van der Waals surface area (Å²) in [4.78, 5) is 13.8. The Morgan fingerprint density at radius 1 is 1.35 bits per heavy atom. The number of hydrogen-bond donors (Lipinski definition) is 1. The Kier molecular flexibility index (Phi) is 3.76. The molecule has 2 aliphatic rings. The molecule has 0 saturated heterocycles. The molecule has 2 unspecified atom stereocenters. The molecule has 2 rings (SSSR count). The van der Waals surface area contributed by atoms with Crippen LogP contribution >= 0.6 is 0 Å². The van der Waals surface area contributed by atoms with Crippen molar-refractivity contribution in [2.45, 2.75) is 45.4 Å². The Balaban J connectivity index is 1.90. The van der Waals surface area contributed by atoms with Crippen molar-refractivity contribution in [2.24, 2.45) is 17.3 Å². The van der Waals surface area contributed by atoms with Gasteiger partial charge in [0.25, 0.3) is 0 Å². The summed E-state index contributed by atoms with van der Waals surface area (Å²) in [7, 11) is 2.09. The lowest BCUT2D eigenvalue weighted by Crippen LogP contribution is -2.43. The summed E-state index contributed by atoms with van der Waals surface area (Å²) >= 11 is 0. The van der Waals surface area contributed by atoms with E-state index >= 15 is 0 Å². The molecule has 0 aromatic carbocycles. The molecule has 0 heterocycles. The number of carbonyl (C=O) groups is 1. The summed E-state index contributed by atoms with van der Waals surface area (Å²) in [5, 5.41) is 9.51. The molecule has 0 aromatic heterocycles. The third-order valence-corrected chi connectivity index (χ3v) is 4.66. The maximum Gasteiger partial charge on any atom is 0.310 e. The molecule has 2 saturated carbocycles. The molecule has 2 atom stereocenters. The van der Waals surface area contributed by atoms with Gasteiger partial charge in [-0.1, -0.05) is 26.2 Å². The maximum atomic E-state index is 11.6. The van der Waals surface area contributed by atoms with Crippen LogP contribution in [-0.2, 0) is 4.79 Å². The number of rotatable bonds is 5. The van der Waals surface area contributed by atoms with Gasteiger partial charge in [-0.3, -0.25) is 4.79 Å². The van der Waals surface area contributed by atoms with Gasteiger partial charge in [0, 0.05) is 13.1 Å². The molecule has 0 radical (unpaired) electrons. The molecule has 0 aliphatic heterocycles. The van der Waals surface area contributed by atoms with Crippen molar-refractivity contribution in [1.29, 1.82) is 0 Å². The largest absolute Gasteiger partial charge is 0.481 e. The van der Waals surface area contributed by atoms with Crippen LogP contribution in [0.1, 0.15) is 45.4 Å². The van der Waals surface area contributed by atoms with Crippen LogP contribution in [0.2, 0.25) is 0 Å². The number of hydrogen-bond acceptors (Lipinski definition) is 2. The summed E-state index contributed by atoms with van der Waals surface area (Å²) < 4.78 is 0. The third kappa shape index (κ3) is 3.01. The smallest absolute Gasteiger partial charge is 0.310 e. The number of carboxylic acids is 1. The van der Waals surface area contributed by atoms with Crippen molar-refractivity contribution in [1.82, 2.24) is 4.90 Å². The van der Waals surface area contributed by atoms with Crippen LogP contribution in [0.4, 0.5) is 0 Å². The fraction of sp³-hybridized carbons (Fsp3) is 0.929. The van der Waals surface area contributed by atoms with Crippen molar-refractivity contribution in [2.75, 3.05) is 20.1 Å². The van der Waals surface area contributed by atoms with E-state index in [-0.39, 0.29) is 0 Å². The minimum Gasteiger partial charge on any atom is -0.481 e. The zero-order chi connectivity index (χ0) is 12.5. The molecule has 0 bridgehead atoms. The van der Waals surface area contributed by atoms with Crippen molar-refractivity contribution in [3.8, 4) is 0 Å². The SMILES string of the molecule is CC1CC1CN(C)CC1(C(=O)O)CCCCC1. The molecule has 3 heteroatoms. The number of aliphatic carboxylic acids is 1. The molecule has 2 fully saturated rings. The van der Waals surface area contributed by atoms with Crippen LogP contribution in [0, 0.1) is 17.3 Å². The molecular formula is C14H25NO2. The Bertz CT molecular complexity index is 284. The summed E-state index contributed by atoms with van der Waals surface area (Å²) in [6, 6.07) is 0. The lowest BCUT2D eigenvalue weighted by molar-refractivity contribution is -0.152. The average molecular weight is 239 g/mol. The molecule has 0 spiro atoms. The standard InChI is InChI=1S/C14H25NO2/c1-11-8-12(11)9-15(2)10-14(13(16)17)6-4-3-5-7-14/h11-12H,3-10H2,1-2H3,(H,16,17). The van der Waals surface area contributed by atoms with E-state index in [2.05, 4.69) is 18.9 Å². The van der Waals surface area contributed by atoms with Crippen LogP contribution in [0.5, 0.6) is 0 Å². The quantitative estimate of drug-likeness (QED) is 0.801. The predicted molar refractivity (Wildman–Crippen MR) is 67.9 cm³/mol. The summed E-state index contributed by atoms with van der Waals surface area (Å²) in [5.41, 5.74) is -0.453. The highest BCUT2D eigenvalue weighted by molar-refractivity contribution is 5.75. The Labute approximate surface area is 104 Å². The second-order valence-corrected chi connectivity index (χ2v) is 6.32. The van der Waals surface area contributed by atoms with Crippen LogP contribution in [0.25, 0.3) is 0 Å². The average Bonchev–Trinajstić information content (AvgIpc) is 2.95. The van der Waals surface area contributed by atoms with Gasteiger partial charge in [0.1, 0.15) is 0 Å². The van der Waals surface area contributed by atoms with E-state index in [1.165, 1.54) is 12.8 Å². The van der Waals surface area contributed by atoms with Crippen molar-refractivity contribution in [3.63, 3.8) is 0 Å². The lowest BCUT2D eigenvalue weighted by atomic mass is 9.73. The van der Waals surface area contributed by atoms with E-state index in [1.54, 1.807) is 0 Å². The van der Waals surface area contributed by atoms with Gasteiger partial charge in [0.2, 0.25) is 0 Å². The Morgan fingerprint density at radius 3 is 2.41 bits per heavy atom. The lowest BCUT2D eigenvalue weighted by Gasteiger charge is -2.36. The molecule has 17 heavy (non-hydrogen) atoms. The molecule has 0 amide bonds. The molecular weight excluding hydrogens is 214 g/mol. The normalized spacial score (nSPS) is 31.5. The molecule has 0 aromatic rings. The predicted octanol–water partition coefficient (Wildman–Crippen LogP) is 2.61. The highest BCUT2D eigenvalue weighted by Gasteiger charge is 2.41. The Morgan fingerprint density at radius 2 is 1.94 bits per heavy atom. The van der Waals surface area contributed by atoms with E-state index in [0.717, 1.165) is 50.6 Å². The first-order valence-corrected chi connectivity index (χ1v) is 6.95. The zero-order valence-electron chi connectivity index (χ0n) is 11.1. The highest BCUT2D eigenvalue weighted by Crippen LogP contribution is 2.40. The molecule has 1 N–H and O–H groups in total. The van der Waals surface area contributed by atoms with Crippen LogP contribution < -0.4 is 0 Å². The van der Waals surface area contributed by atoms with E-state index < -0.39 is 11.4 Å².